The topological polar surface area (TPSA) is 26.0 Å². The van der Waals surface area contributed by atoms with Gasteiger partial charge in [-0.05, 0) is 51.4 Å². The summed E-state index contributed by atoms with van der Waals surface area (Å²) in [6.45, 7) is 0.587. The molecule has 0 heterocycles. The molecule has 0 fully saturated rings. The highest BCUT2D eigenvalue weighted by molar-refractivity contribution is 8.32. The maximum atomic E-state index is 5.86. The molecular formula is C21H23NS. The van der Waals surface area contributed by atoms with Crippen molar-refractivity contribution in [2.75, 3.05) is 6.26 Å². The summed E-state index contributed by atoms with van der Waals surface area (Å²) < 4.78 is 0. The zero-order valence-electron chi connectivity index (χ0n) is 13.5. The van der Waals surface area contributed by atoms with Gasteiger partial charge in [0.05, 0.1) is 0 Å². The highest BCUT2D eigenvalue weighted by atomic mass is 32.3. The lowest BCUT2D eigenvalue weighted by Crippen LogP contribution is -2.05. The minimum atomic E-state index is -1.14. The summed E-state index contributed by atoms with van der Waals surface area (Å²) >= 11 is 0. The van der Waals surface area contributed by atoms with Gasteiger partial charge in [-0.3, -0.25) is 0 Å². The first-order valence-electron chi connectivity index (χ1n) is 7.86. The maximum Gasteiger partial charge on any atom is 0.0178 e. The molecular weight excluding hydrogens is 298 g/mol. The Morgan fingerprint density at radius 3 is 1.91 bits per heavy atom. The Balaban J connectivity index is 2.09. The summed E-state index contributed by atoms with van der Waals surface area (Å²) in [4.78, 5) is 2.81. The van der Waals surface area contributed by atoms with Gasteiger partial charge >= 0.3 is 0 Å². The number of benzene rings is 3. The largest absolute Gasteiger partial charge is 0.326 e. The van der Waals surface area contributed by atoms with Gasteiger partial charge in [0, 0.05) is 12.3 Å². The van der Waals surface area contributed by atoms with Crippen LogP contribution in [0.4, 0.5) is 0 Å². The quantitative estimate of drug-likeness (QED) is 0.687. The van der Waals surface area contributed by atoms with Crippen molar-refractivity contribution in [2.45, 2.75) is 22.1 Å². The highest BCUT2D eigenvalue weighted by Crippen LogP contribution is 2.61. The van der Waals surface area contributed by atoms with E-state index in [-0.39, 0.29) is 0 Å². The number of hydrogen-bond donors (Lipinski definition) is 1. The van der Waals surface area contributed by atoms with Crippen molar-refractivity contribution in [2.24, 2.45) is 5.73 Å². The van der Waals surface area contributed by atoms with Gasteiger partial charge < -0.3 is 5.73 Å². The minimum Gasteiger partial charge on any atom is -0.326 e. The van der Waals surface area contributed by atoms with Crippen molar-refractivity contribution < 1.29 is 0 Å². The molecule has 0 aliphatic rings. The zero-order valence-corrected chi connectivity index (χ0v) is 14.3. The third-order valence-electron chi connectivity index (χ3n) is 4.22. The van der Waals surface area contributed by atoms with Crippen molar-refractivity contribution >= 4 is 10.0 Å². The molecule has 23 heavy (non-hydrogen) atoms. The Kier molecular flexibility index (Phi) is 4.85. The van der Waals surface area contributed by atoms with Crippen LogP contribution in [0.1, 0.15) is 11.1 Å². The second-order valence-electron chi connectivity index (χ2n) is 5.88. The first-order valence-corrected chi connectivity index (χ1v) is 10.1. The average molecular weight is 321 g/mol. The summed E-state index contributed by atoms with van der Waals surface area (Å²) in [7, 11) is -1.14. The molecule has 0 saturated heterocycles. The molecule has 0 amide bonds. The molecule has 1 atom stereocenters. The van der Waals surface area contributed by atoms with Crippen LogP contribution in [0.25, 0.3) is 0 Å². The molecule has 0 radical (unpaired) electrons. The lowest BCUT2D eigenvalue weighted by atomic mass is 10.2. The first-order chi connectivity index (χ1) is 11.2. The van der Waals surface area contributed by atoms with Crippen LogP contribution >= 0.6 is 10.0 Å². The first kappa shape index (κ1) is 15.9. The van der Waals surface area contributed by atoms with Crippen LogP contribution in [-0.4, -0.2) is 6.26 Å². The van der Waals surface area contributed by atoms with E-state index in [0.717, 1.165) is 5.75 Å². The SMILES string of the molecule is CS(Cc1ccccc1)(c1ccccc1)c1cccc(CN)c1. The fourth-order valence-corrected chi connectivity index (χ4v) is 5.90. The van der Waals surface area contributed by atoms with Crippen LogP contribution in [0.2, 0.25) is 0 Å². The Morgan fingerprint density at radius 2 is 1.26 bits per heavy atom. The maximum absolute atomic E-state index is 5.86. The van der Waals surface area contributed by atoms with Crippen molar-refractivity contribution in [3.63, 3.8) is 0 Å². The van der Waals surface area contributed by atoms with Crippen molar-refractivity contribution in [1.29, 1.82) is 0 Å². The molecule has 3 rings (SSSR count). The molecule has 3 aromatic carbocycles. The number of nitrogens with two attached hydrogens (primary N) is 1. The van der Waals surface area contributed by atoms with E-state index in [0.29, 0.717) is 6.54 Å². The number of rotatable bonds is 5. The molecule has 1 nitrogen and oxygen atoms in total. The van der Waals surface area contributed by atoms with E-state index in [1.807, 2.05) is 0 Å². The van der Waals surface area contributed by atoms with Gasteiger partial charge in [0.1, 0.15) is 0 Å². The third kappa shape index (κ3) is 3.49. The molecule has 0 saturated carbocycles. The third-order valence-corrected chi connectivity index (χ3v) is 7.73. The Hall–Kier alpha value is -2.03. The van der Waals surface area contributed by atoms with Gasteiger partial charge in [-0.15, -0.1) is 0 Å². The predicted molar refractivity (Wildman–Crippen MR) is 101 cm³/mol. The van der Waals surface area contributed by atoms with Crippen LogP contribution in [0.15, 0.2) is 94.7 Å². The van der Waals surface area contributed by atoms with Gasteiger partial charge in [-0.2, -0.15) is 10.0 Å². The molecule has 0 aliphatic carbocycles. The lowest BCUT2D eigenvalue weighted by molar-refractivity contribution is 1.06. The summed E-state index contributed by atoms with van der Waals surface area (Å²) in [6, 6.07) is 30.4. The van der Waals surface area contributed by atoms with Gasteiger partial charge in [0.25, 0.3) is 0 Å². The molecule has 0 aromatic heterocycles. The summed E-state index contributed by atoms with van der Waals surface area (Å²) in [5.74, 6) is 1.05. The van der Waals surface area contributed by atoms with Gasteiger partial charge in [-0.1, -0.05) is 60.7 Å². The Labute approximate surface area is 140 Å². The molecule has 2 N–H and O–H groups in total. The Bertz CT molecular complexity index is 755. The van der Waals surface area contributed by atoms with Crippen LogP contribution < -0.4 is 5.73 Å². The Morgan fingerprint density at radius 1 is 0.696 bits per heavy atom. The number of hydrogen-bond acceptors (Lipinski definition) is 1. The summed E-state index contributed by atoms with van der Waals surface area (Å²) in [5.41, 5.74) is 8.44. The summed E-state index contributed by atoms with van der Waals surface area (Å²) in [5, 5.41) is 0. The molecule has 0 spiro atoms. The molecule has 0 aliphatic heterocycles. The smallest absolute Gasteiger partial charge is 0.0178 e. The fraction of sp³-hybridized carbons (Fsp3) is 0.143. The van der Waals surface area contributed by atoms with Gasteiger partial charge in [0.15, 0.2) is 0 Å². The van der Waals surface area contributed by atoms with Gasteiger partial charge in [0.2, 0.25) is 0 Å². The van der Waals surface area contributed by atoms with E-state index in [2.05, 4.69) is 91.2 Å². The standard InChI is InChI=1S/C21H23NS/c1-23(20-12-6-3-7-13-20,17-18-9-4-2-5-10-18)21-14-8-11-19(15-21)16-22/h2-15H,16-17,22H2,1H3. The molecule has 2 heteroatoms. The predicted octanol–water partition coefficient (Wildman–Crippen LogP) is 5.20. The second kappa shape index (κ2) is 7.03. The minimum absolute atomic E-state index is 0.587. The lowest BCUT2D eigenvalue weighted by Gasteiger charge is -2.37. The second-order valence-corrected chi connectivity index (χ2v) is 9.29. The van der Waals surface area contributed by atoms with Gasteiger partial charge in [-0.25, -0.2) is 0 Å². The summed E-state index contributed by atoms with van der Waals surface area (Å²) in [6.07, 6.45) is 2.41. The molecule has 0 bridgehead atoms. The normalized spacial score (nSPS) is 14.9. The van der Waals surface area contributed by atoms with Crippen molar-refractivity contribution in [3.05, 3.63) is 96.1 Å². The van der Waals surface area contributed by atoms with Crippen LogP contribution in [0, 0.1) is 0 Å². The average Bonchev–Trinajstić information content (AvgIpc) is 2.63. The monoisotopic (exact) mass is 321 g/mol. The van der Waals surface area contributed by atoms with Crippen LogP contribution in [0.5, 0.6) is 0 Å². The van der Waals surface area contributed by atoms with E-state index >= 15 is 0 Å². The molecule has 1 unspecified atom stereocenters. The van der Waals surface area contributed by atoms with Crippen molar-refractivity contribution in [1.82, 2.24) is 0 Å². The van der Waals surface area contributed by atoms with E-state index < -0.39 is 10.0 Å². The molecule has 3 aromatic rings. The van der Waals surface area contributed by atoms with Crippen LogP contribution in [-0.2, 0) is 12.3 Å². The van der Waals surface area contributed by atoms with E-state index in [9.17, 15) is 0 Å². The van der Waals surface area contributed by atoms with Crippen molar-refractivity contribution in [3.8, 4) is 0 Å². The van der Waals surface area contributed by atoms with E-state index in [1.165, 1.54) is 20.9 Å². The van der Waals surface area contributed by atoms with E-state index in [1.54, 1.807) is 0 Å². The van der Waals surface area contributed by atoms with Crippen LogP contribution in [0.3, 0.4) is 0 Å². The zero-order chi connectivity index (χ0) is 16.1. The fourth-order valence-electron chi connectivity index (χ4n) is 2.88. The van der Waals surface area contributed by atoms with E-state index in [4.69, 9.17) is 5.73 Å². The highest BCUT2D eigenvalue weighted by Gasteiger charge is 2.24. The molecule has 118 valence electrons.